The molecule has 2 aromatic rings. The fourth-order valence-corrected chi connectivity index (χ4v) is 3.12. The van der Waals surface area contributed by atoms with Gasteiger partial charge in [-0.2, -0.15) is 4.39 Å². The number of thiazole rings is 1. The van der Waals surface area contributed by atoms with Crippen LogP contribution in [0.2, 0.25) is 0 Å². The van der Waals surface area contributed by atoms with Crippen LogP contribution in [-0.4, -0.2) is 27.7 Å². The third-order valence-corrected chi connectivity index (χ3v) is 4.02. The average molecular weight is 346 g/mol. The lowest BCUT2D eigenvalue weighted by molar-refractivity contribution is 0.194. The molecule has 2 heterocycles. The van der Waals surface area contributed by atoms with Crippen LogP contribution in [0.1, 0.15) is 5.01 Å². The fourth-order valence-electron chi connectivity index (χ4n) is 1.46. The number of aromatic nitrogens is 2. The van der Waals surface area contributed by atoms with Crippen LogP contribution in [0, 0.1) is 5.95 Å². The summed E-state index contributed by atoms with van der Waals surface area (Å²) in [6.45, 7) is 0.268. The van der Waals surface area contributed by atoms with E-state index in [9.17, 15) is 9.18 Å². The first kappa shape index (κ1) is 13.9. The van der Waals surface area contributed by atoms with Gasteiger partial charge in [-0.1, -0.05) is 0 Å². The highest BCUT2D eigenvalue weighted by Gasteiger charge is 2.15. The van der Waals surface area contributed by atoms with Crippen molar-refractivity contribution in [2.75, 3.05) is 6.54 Å². The van der Waals surface area contributed by atoms with Crippen molar-refractivity contribution in [2.24, 2.45) is 0 Å². The van der Waals surface area contributed by atoms with Gasteiger partial charge >= 0.3 is 6.09 Å². The van der Waals surface area contributed by atoms with Crippen molar-refractivity contribution < 1.29 is 14.3 Å². The van der Waals surface area contributed by atoms with Gasteiger partial charge in [0.2, 0.25) is 5.95 Å². The molecule has 0 aromatic carbocycles. The molecule has 0 atom stereocenters. The van der Waals surface area contributed by atoms with Gasteiger partial charge in [-0.05, 0) is 28.1 Å². The zero-order valence-electron chi connectivity index (χ0n) is 9.56. The lowest BCUT2D eigenvalue weighted by Gasteiger charge is -1.98. The number of carboxylic acid groups (broad SMARTS) is 1. The van der Waals surface area contributed by atoms with Gasteiger partial charge in [-0.25, -0.2) is 14.8 Å². The molecule has 0 radical (unpaired) electrons. The van der Waals surface area contributed by atoms with Crippen molar-refractivity contribution in [3.05, 3.63) is 33.1 Å². The Morgan fingerprint density at radius 2 is 2.37 bits per heavy atom. The van der Waals surface area contributed by atoms with Crippen molar-refractivity contribution in [3.63, 3.8) is 0 Å². The van der Waals surface area contributed by atoms with E-state index in [1.807, 2.05) is 0 Å². The van der Waals surface area contributed by atoms with Gasteiger partial charge in [0, 0.05) is 19.2 Å². The SMILES string of the molecule is O=C(O)NCCc1nc(-c2cccnc2F)c(Br)s1. The summed E-state index contributed by atoms with van der Waals surface area (Å²) in [4.78, 5) is 18.2. The number of nitrogens with one attached hydrogen (secondary N) is 1. The Morgan fingerprint density at radius 1 is 1.58 bits per heavy atom. The summed E-state index contributed by atoms with van der Waals surface area (Å²) in [7, 11) is 0. The second-order valence-electron chi connectivity index (χ2n) is 3.55. The predicted octanol–water partition coefficient (Wildman–Crippen LogP) is 2.92. The largest absolute Gasteiger partial charge is 0.465 e. The normalized spacial score (nSPS) is 10.4. The Morgan fingerprint density at radius 3 is 3.05 bits per heavy atom. The smallest absolute Gasteiger partial charge is 0.404 e. The van der Waals surface area contributed by atoms with Gasteiger partial charge in [0.1, 0.15) is 5.69 Å². The molecule has 100 valence electrons. The van der Waals surface area contributed by atoms with E-state index in [0.717, 1.165) is 5.01 Å². The van der Waals surface area contributed by atoms with Crippen molar-refractivity contribution in [3.8, 4) is 11.3 Å². The summed E-state index contributed by atoms with van der Waals surface area (Å²) in [5, 5.41) is 11.4. The van der Waals surface area contributed by atoms with Crippen LogP contribution in [0.3, 0.4) is 0 Å². The van der Waals surface area contributed by atoms with E-state index in [-0.39, 0.29) is 6.54 Å². The van der Waals surface area contributed by atoms with E-state index in [4.69, 9.17) is 5.11 Å². The zero-order chi connectivity index (χ0) is 13.8. The maximum absolute atomic E-state index is 13.6. The highest BCUT2D eigenvalue weighted by molar-refractivity contribution is 9.11. The van der Waals surface area contributed by atoms with Crippen molar-refractivity contribution in [2.45, 2.75) is 6.42 Å². The Bertz CT molecular complexity index is 605. The van der Waals surface area contributed by atoms with Gasteiger partial charge < -0.3 is 10.4 Å². The topological polar surface area (TPSA) is 75.1 Å². The van der Waals surface area contributed by atoms with Crippen molar-refractivity contribution in [1.82, 2.24) is 15.3 Å². The number of amides is 1. The molecule has 5 nitrogen and oxygen atoms in total. The van der Waals surface area contributed by atoms with Crippen molar-refractivity contribution >= 4 is 33.4 Å². The van der Waals surface area contributed by atoms with Crippen LogP contribution in [0.15, 0.2) is 22.1 Å². The van der Waals surface area contributed by atoms with Crippen LogP contribution in [0.5, 0.6) is 0 Å². The molecular formula is C11H9BrFN3O2S. The van der Waals surface area contributed by atoms with E-state index in [0.29, 0.717) is 21.5 Å². The average Bonchev–Trinajstić information content (AvgIpc) is 2.70. The lowest BCUT2D eigenvalue weighted by Crippen LogP contribution is -2.23. The highest BCUT2D eigenvalue weighted by Crippen LogP contribution is 2.33. The molecule has 0 saturated heterocycles. The molecule has 0 aliphatic rings. The van der Waals surface area contributed by atoms with Crippen LogP contribution < -0.4 is 5.32 Å². The van der Waals surface area contributed by atoms with E-state index in [1.54, 1.807) is 12.1 Å². The van der Waals surface area contributed by atoms with Crippen LogP contribution in [0.25, 0.3) is 11.3 Å². The van der Waals surface area contributed by atoms with E-state index < -0.39 is 12.0 Å². The number of halogens is 2. The third kappa shape index (κ3) is 3.48. The van der Waals surface area contributed by atoms with Gasteiger partial charge in [0.05, 0.1) is 14.4 Å². The van der Waals surface area contributed by atoms with E-state index in [2.05, 4.69) is 31.2 Å². The van der Waals surface area contributed by atoms with Gasteiger partial charge in [0.15, 0.2) is 0 Å². The number of hydrogen-bond donors (Lipinski definition) is 2. The van der Waals surface area contributed by atoms with Crippen LogP contribution >= 0.6 is 27.3 Å². The summed E-state index contributed by atoms with van der Waals surface area (Å²) in [5.41, 5.74) is 0.809. The second-order valence-corrected chi connectivity index (χ2v) is 5.96. The molecule has 0 aliphatic carbocycles. The Labute approximate surface area is 120 Å². The minimum Gasteiger partial charge on any atom is -0.465 e. The Kier molecular flexibility index (Phi) is 4.43. The molecule has 0 spiro atoms. The maximum Gasteiger partial charge on any atom is 0.404 e. The number of nitrogens with zero attached hydrogens (tertiary/aromatic N) is 2. The van der Waals surface area contributed by atoms with Crippen LogP contribution in [-0.2, 0) is 6.42 Å². The number of pyridine rings is 1. The first-order valence-corrected chi connectivity index (χ1v) is 6.91. The summed E-state index contributed by atoms with van der Waals surface area (Å²) in [6, 6.07) is 3.23. The minimum absolute atomic E-state index is 0.268. The quantitative estimate of drug-likeness (QED) is 0.835. The molecule has 0 bridgehead atoms. The van der Waals surface area contributed by atoms with Gasteiger partial charge in [0.25, 0.3) is 0 Å². The van der Waals surface area contributed by atoms with Gasteiger partial charge in [-0.3, -0.25) is 0 Å². The minimum atomic E-state index is -1.07. The standard InChI is InChI=1S/C11H9BrFN3O2S/c12-9-8(6-2-1-4-14-10(6)13)16-7(19-9)3-5-15-11(17)18/h1-2,4,15H,3,5H2,(H,17,18). The maximum atomic E-state index is 13.6. The summed E-state index contributed by atoms with van der Waals surface area (Å²) >= 11 is 4.68. The Hall–Kier alpha value is -1.54. The molecule has 19 heavy (non-hydrogen) atoms. The number of rotatable bonds is 4. The molecule has 0 aliphatic heterocycles. The first-order chi connectivity index (χ1) is 9.08. The molecule has 0 saturated carbocycles. The third-order valence-electron chi connectivity index (χ3n) is 2.26. The first-order valence-electron chi connectivity index (χ1n) is 5.31. The lowest BCUT2D eigenvalue weighted by atomic mass is 10.2. The molecule has 0 unspecified atom stereocenters. The molecular weight excluding hydrogens is 337 g/mol. The van der Waals surface area contributed by atoms with Crippen molar-refractivity contribution in [1.29, 1.82) is 0 Å². The molecule has 2 N–H and O–H groups in total. The van der Waals surface area contributed by atoms with Gasteiger partial charge in [-0.15, -0.1) is 11.3 Å². The summed E-state index contributed by atoms with van der Waals surface area (Å²) in [6.07, 6.45) is 0.753. The predicted molar refractivity (Wildman–Crippen MR) is 72.7 cm³/mol. The number of hydrogen-bond acceptors (Lipinski definition) is 4. The molecule has 0 fully saturated rings. The zero-order valence-corrected chi connectivity index (χ0v) is 12.0. The number of carbonyl (C=O) groups is 1. The summed E-state index contributed by atoms with van der Waals surface area (Å²) < 4.78 is 14.3. The van der Waals surface area contributed by atoms with Crippen LogP contribution in [0.4, 0.5) is 9.18 Å². The van der Waals surface area contributed by atoms with E-state index >= 15 is 0 Å². The Balaban J connectivity index is 2.17. The molecule has 2 rings (SSSR count). The molecule has 2 aromatic heterocycles. The molecule has 8 heteroatoms. The summed E-state index contributed by atoms with van der Waals surface area (Å²) in [5.74, 6) is -0.580. The molecule has 1 amide bonds. The highest BCUT2D eigenvalue weighted by atomic mass is 79.9. The monoisotopic (exact) mass is 345 g/mol. The second kappa shape index (κ2) is 6.07. The fraction of sp³-hybridized carbons (Fsp3) is 0.182. The van der Waals surface area contributed by atoms with E-state index in [1.165, 1.54) is 17.5 Å².